The predicted molar refractivity (Wildman–Crippen MR) is 86.4 cm³/mol. The Labute approximate surface area is 123 Å². The van der Waals surface area contributed by atoms with Crippen molar-refractivity contribution < 1.29 is 0 Å². The molecule has 0 saturated carbocycles. The number of hydrogen-bond acceptors (Lipinski definition) is 3. The van der Waals surface area contributed by atoms with Crippen molar-refractivity contribution in [2.45, 2.75) is 19.9 Å². The maximum absolute atomic E-state index is 4.45. The third-order valence-electron chi connectivity index (χ3n) is 3.72. The van der Waals surface area contributed by atoms with E-state index in [1.807, 2.05) is 30.6 Å². The van der Waals surface area contributed by atoms with Crippen LogP contribution in [0.3, 0.4) is 0 Å². The first-order valence-corrected chi connectivity index (χ1v) is 7.59. The minimum Gasteiger partial charge on any atom is -0.309 e. The van der Waals surface area contributed by atoms with E-state index in [2.05, 4.69) is 54.5 Å². The van der Waals surface area contributed by atoms with Crippen LogP contribution < -0.4 is 5.32 Å². The minimum absolute atomic E-state index is 0.235. The molecule has 0 aliphatic heterocycles. The zero-order chi connectivity index (χ0) is 14.1. The fourth-order valence-corrected chi connectivity index (χ4v) is 3.66. The first-order chi connectivity index (χ1) is 9.69. The highest BCUT2D eigenvalue weighted by Gasteiger charge is 2.15. The van der Waals surface area contributed by atoms with Crippen LogP contribution in [0.2, 0.25) is 0 Å². The molecule has 3 aromatic rings. The highest BCUT2D eigenvalue weighted by Crippen LogP contribution is 2.31. The second-order valence-corrected chi connectivity index (χ2v) is 6.35. The van der Waals surface area contributed by atoms with E-state index in [0.29, 0.717) is 0 Å². The van der Waals surface area contributed by atoms with Gasteiger partial charge in [-0.2, -0.15) is 0 Å². The molecular weight excluding hydrogens is 264 g/mol. The molecule has 0 aliphatic rings. The van der Waals surface area contributed by atoms with Gasteiger partial charge in [-0.1, -0.05) is 18.2 Å². The average Bonchev–Trinajstić information content (AvgIpc) is 2.79. The summed E-state index contributed by atoms with van der Waals surface area (Å²) < 4.78 is 0. The molecule has 2 heterocycles. The SMILES string of the molecule is CNC(c1ccc2cccnc2c1)c1cc(C)c(C)s1. The van der Waals surface area contributed by atoms with Crippen LogP contribution in [-0.2, 0) is 0 Å². The number of fused-ring (bicyclic) bond motifs is 1. The number of pyridine rings is 1. The standard InChI is InChI=1S/C17H18N2S/c1-11-9-16(20-12(11)2)17(18-3)14-7-6-13-5-4-8-19-15(13)10-14/h4-10,17-18H,1-3H3. The van der Waals surface area contributed by atoms with Crippen LogP contribution in [0.15, 0.2) is 42.6 Å². The first-order valence-electron chi connectivity index (χ1n) is 6.78. The van der Waals surface area contributed by atoms with Gasteiger partial charge in [-0.05, 0) is 50.2 Å². The quantitative estimate of drug-likeness (QED) is 0.778. The van der Waals surface area contributed by atoms with E-state index in [9.17, 15) is 0 Å². The zero-order valence-corrected chi connectivity index (χ0v) is 12.8. The highest BCUT2D eigenvalue weighted by molar-refractivity contribution is 7.12. The lowest BCUT2D eigenvalue weighted by Gasteiger charge is -2.15. The summed E-state index contributed by atoms with van der Waals surface area (Å²) in [4.78, 5) is 7.20. The zero-order valence-electron chi connectivity index (χ0n) is 12.0. The molecule has 2 aromatic heterocycles. The van der Waals surface area contributed by atoms with Gasteiger partial charge in [0.1, 0.15) is 0 Å². The number of aryl methyl sites for hydroxylation is 2. The van der Waals surface area contributed by atoms with Gasteiger partial charge in [0.25, 0.3) is 0 Å². The van der Waals surface area contributed by atoms with Crippen molar-refractivity contribution in [3.05, 3.63) is 63.5 Å². The fourth-order valence-electron chi connectivity index (χ4n) is 2.48. The first kappa shape index (κ1) is 13.3. The van der Waals surface area contributed by atoms with E-state index in [4.69, 9.17) is 0 Å². The number of rotatable bonds is 3. The van der Waals surface area contributed by atoms with Crippen LogP contribution in [0.4, 0.5) is 0 Å². The van der Waals surface area contributed by atoms with Gasteiger partial charge in [0.05, 0.1) is 11.6 Å². The molecule has 2 nitrogen and oxygen atoms in total. The molecule has 0 bridgehead atoms. The number of aromatic nitrogens is 1. The predicted octanol–water partition coefficient (Wildman–Crippen LogP) is 4.22. The largest absolute Gasteiger partial charge is 0.309 e. The molecule has 1 unspecified atom stereocenters. The molecule has 1 atom stereocenters. The van der Waals surface area contributed by atoms with Gasteiger partial charge in [-0.3, -0.25) is 4.98 Å². The van der Waals surface area contributed by atoms with Gasteiger partial charge >= 0.3 is 0 Å². The van der Waals surface area contributed by atoms with Crippen LogP contribution in [0, 0.1) is 13.8 Å². The van der Waals surface area contributed by atoms with Gasteiger partial charge < -0.3 is 5.32 Å². The number of nitrogens with zero attached hydrogens (tertiary/aromatic N) is 1. The Morgan fingerprint density at radius 1 is 1.15 bits per heavy atom. The van der Waals surface area contributed by atoms with Crippen molar-refractivity contribution in [1.82, 2.24) is 10.3 Å². The summed E-state index contributed by atoms with van der Waals surface area (Å²) in [6, 6.07) is 13.1. The monoisotopic (exact) mass is 282 g/mol. The molecule has 1 N–H and O–H groups in total. The maximum Gasteiger partial charge on any atom is 0.0705 e. The van der Waals surface area contributed by atoms with E-state index < -0.39 is 0 Å². The van der Waals surface area contributed by atoms with Gasteiger partial charge in [0.2, 0.25) is 0 Å². The number of benzene rings is 1. The molecule has 0 radical (unpaired) electrons. The van der Waals surface area contributed by atoms with Gasteiger partial charge in [-0.25, -0.2) is 0 Å². The topological polar surface area (TPSA) is 24.9 Å². The highest BCUT2D eigenvalue weighted by atomic mass is 32.1. The molecule has 0 aliphatic carbocycles. The van der Waals surface area contributed by atoms with Crippen LogP contribution in [0.25, 0.3) is 10.9 Å². The lowest BCUT2D eigenvalue weighted by atomic mass is 10.0. The van der Waals surface area contributed by atoms with Crippen molar-refractivity contribution in [1.29, 1.82) is 0 Å². The lowest BCUT2D eigenvalue weighted by molar-refractivity contribution is 0.704. The molecule has 102 valence electrons. The number of hydrogen-bond donors (Lipinski definition) is 1. The summed E-state index contributed by atoms with van der Waals surface area (Å²) >= 11 is 1.86. The summed E-state index contributed by atoms with van der Waals surface area (Å²) in [7, 11) is 2.01. The van der Waals surface area contributed by atoms with E-state index >= 15 is 0 Å². The molecule has 20 heavy (non-hydrogen) atoms. The van der Waals surface area contributed by atoms with Crippen molar-refractivity contribution in [2.75, 3.05) is 7.05 Å². The second kappa shape index (κ2) is 5.35. The third kappa shape index (κ3) is 2.35. The third-order valence-corrected chi connectivity index (χ3v) is 4.94. The van der Waals surface area contributed by atoms with Crippen LogP contribution >= 0.6 is 11.3 Å². The van der Waals surface area contributed by atoms with Crippen molar-refractivity contribution in [2.24, 2.45) is 0 Å². The molecule has 0 spiro atoms. The average molecular weight is 282 g/mol. The van der Waals surface area contributed by atoms with Crippen LogP contribution in [-0.4, -0.2) is 12.0 Å². The van der Waals surface area contributed by atoms with E-state index in [1.54, 1.807) is 0 Å². The summed E-state index contributed by atoms with van der Waals surface area (Å²) in [5.41, 5.74) is 3.68. The summed E-state index contributed by atoms with van der Waals surface area (Å²) in [6.45, 7) is 4.35. The fraction of sp³-hybridized carbons (Fsp3) is 0.235. The number of thiophene rings is 1. The Bertz CT molecular complexity index is 726. The summed E-state index contributed by atoms with van der Waals surface area (Å²) in [5.74, 6) is 0. The Kier molecular flexibility index (Phi) is 3.55. The Balaban J connectivity index is 2.06. The van der Waals surface area contributed by atoms with E-state index in [0.717, 1.165) is 5.52 Å². The lowest BCUT2D eigenvalue weighted by Crippen LogP contribution is -2.16. The molecule has 1 aromatic carbocycles. The second-order valence-electron chi connectivity index (χ2n) is 5.07. The normalized spacial score (nSPS) is 12.8. The maximum atomic E-state index is 4.45. The van der Waals surface area contributed by atoms with Gasteiger partial charge in [0.15, 0.2) is 0 Å². The van der Waals surface area contributed by atoms with Crippen molar-refractivity contribution in [3.63, 3.8) is 0 Å². The molecule has 0 fully saturated rings. The Morgan fingerprint density at radius 3 is 2.70 bits per heavy atom. The van der Waals surface area contributed by atoms with Crippen LogP contribution in [0.5, 0.6) is 0 Å². The van der Waals surface area contributed by atoms with Crippen molar-refractivity contribution in [3.8, 4) is 0 Å². The summed E-state index contributed by atoms with van der Waals surface area (Å²) in [6.07, 6.45) is 1.85. The summed E-state index contributed by atoms with van der Waals surface area (Å²) in [5, 5.41) is 4.61. The van der Waals surface area contributed by atoms with Gasteiger partial charge in [0, 0.05) is 21.3 Å². The molecular formula is C17H18N2S. The molecule has 0 saturated heterocycles. The van der Waals surface area contributed by atoms with E-state index in [-0.39, 0.29) is 6.04 Å². The smallest absolute Gasteiger partial charge is 0.0705 e. The molecule has 3 rings (SSSR count). The number of nitrogens with one attached hydrogen (secondary N) is 1. The van der Waals surface area contributed by atoms with Gasteiger partial charge in [-0.15, -0.1) is 11.3 Å². The molecule has 0 amide bonds. The van der Waals surface area contributed by atoms with Crippen LogP contribution in [0.1, 0.15) is 26.9 Å². The minimum atomic E-state index is 0.235. The van der Waals surface area contributed by atoms with E-state index in [1.165, 1.54) is 26.3 Å². The Hall–Kier alpha value is -1.71. The Morgan fingerprint density at radius 2 is 2.00 bits per heavy atom. The van der Waals surface area contributed by atoms with Crippen molar-refractivity contribution >= 4 is 22.2 Å². The molecule has 3 heteroatoms.